The fourth-order valence-electron chi connectivity index (χ4n) is 0.367. The molecule has 0 fully saturated rings. The molecule has 0 bridgehead atoms. The molecule has 0 unspecified atom stereocenters. The summed E-state index contributed by atoms with van der Waals surface area (Å²) in [5.74, 6) is -0.209. The van der Waals surface area contributed by atoms with Gasteiger partial charge in [-0.25, -0.2) is 4.39 Å². The summed E-state index contributed by atoms with van der Waals surface area (Å²) in [6.07, 6.45) is 0. The van der Waals surface area contributed by atoms with Gasteiger partial charge in [-0.3, -0.25) is 0 Å². The van der Waals surface area contributed by atoms with Crippen molar-refractivity contribution >= 4 is 0 Å². The van der Waals surface area contributed by atoms with Crippen LogP contribution >= 0.6 is 0 Å². The summed E-state index contributed by atoms with van der Waals surface area (Å²) in [6, 6.07) is 8.49. The third kappa shape index (κ3) is 2.18. The van der Waals surface area contributed by atoms with Crippen LogP contribution in [0.4, 0.5) is 4.39 Å². The van der Waals surface area contributed by atoms with Gasteiger partial charge in [0.2, 0.25) is 0 Å². The van der Waals surface area contributed by atoms with Crippen LogP contribution in [0.5, 0.6) is 0 Å². The number of rotatable bonds is 0. The largest absolute Gasteiger partial charge is 0.207 e. The molecule has 1 rings (SSSR count). The van der Waals surface area contributed by atoms with Gasteiger partial charge in [0.05, 0.1) is 0 Å². The van der Waals surface area contributed by atoms with Crippen LogP contribution in [0.25, 0.3) is 0 Å². The molecule has 0 saturated heterocycles. The quantitative estimate of drug-likeness (QED) is 0.506. The zero-order valence-corrected chi connectivity index (χ0v) is 7.36. The molecule has 0 atom stereocenters. The Labute approximate surface area is 60.5 Å². The summed E-state index contributed by atoms with van der Waals surface area (Å²) >= 11 is 0. The Hall–Kier alpha value is -0.227. The molecule has 37 valence electrons. The Morgan fingerprint density at radius 3 is 2.00 bits per heavy atom. The second kappa shape index (κ2) is 3.74. The van der Waals surface area contributed by atoms with Crippen molar-refractivity contribution in [2.75, 3.05) is 0 Å². The maximum Gasteiger partial charge on any atom is 0.123 e. The third-order valence-corrected chi connectivity index (χ3v) is 0.678. The van der Waals surface area contributed by atoms with E-state index in [1.165, 1.54) is 24.3 Å². The van der Waals surface area contributed by atoms with Crippen LogP contribution in [-0.4, -0.2) is 0 Å². The molecule has 1 aromatic rings. The minimum absolute atomic E-state index is 0. The van der Waals surface area contributed by atoms with Crippen LogP contribution in [0.2, 0.25) is 0 Å². The normalized spacial score (nSPS) is 7.62. The Bertz CT molecular complexity index is 138. The van der Waals surface area contributed by atoms with Crippen molar-refractivity contribution in [3.8, 4) is 0 Å². The minimum atomic E-state index is -0.209. The molecule has 2 heteroatoms. The molecule has 0 aromatic heterocycles. The maximum absolute atomic E-state index is 11.9. The molecule has 1 radical (unpaired) electrons. The predicted octanol–water partition coefficient (Wildman–Crippen LogP) is 1.62. The molecule has 0 nitrogen and oxygen atoms in total. The second-order valence-corrected chi connectivity index (χ2v) is 1.22. The molecule has 0 N–H and O–H groups in total. The molecule has 0 spiro atoms. The summed E-state index contributed by atoms with van der Waals surface area (Å²) in [4.78, 5) is 0. The summed E-state index contributed by atoms with van der Waals surface area (Å²) in [5, 5.41) is 0. The molecule has 0 aliphatic carbocycles. The first kappa shape index (κ1) is 7.77. The van der Waals surface area contributed by atoms with Crippen molar-refractivity contribution in [1.82, 2.24) is 0 Å². The van der Waals surface area contributed by atoms with Crippen molar-refractivity contribution in [3.05, 3.63) is 36.1 Å². The molecule has 0 heterocycles. The van der Waals surface area contributed by atoms with E-state index in [-0.39, 0.29) is 25.3 Å². The Morgan fingerprint density at radius 1 is 1.25 bits per heavy atom. The van der Waals surface area contributed by atoms with Crippen molar-refractivity contribution in [3.63, 3.8) is 0 Å². The van der Waals surface area contributed by atoms with Gasteiger partial charge in [-0.1, -0.05) is 12.1 Å². The first-order chi connectivity index (χ1) is 3.39. The monoisotopic (exact) mass is 159 g/mol. The predicted molar refractivity (Wildman–Crippen MR) is 25.2 cm³/mol. The van der Waals surface area contributed by atoms with E-state index in [4.69, 9.17) is 0 Å². The maximum atomic E-state index is 11.9. The zero-order valence-electron chi connectivity index (χ0n) is 4.39. The topological polar surface area (TPSA) is 0 Å². The van der Waals surface area contributed by atoms with E-state index in [1.54, 1.807) is 0 Å². The standard InChI is InChI=1S/C6H4F.Zn/c7-6-4-2-1-3-5-6;/h2-5H;. The number of halogens is 1. The van der Waals surface area contributed by atoms with E-state index in [0.717, 1.165) is 0 Å². The van der Waals surface area contributed by atoms with E-state index in [2.05, 4.69) is 6.07 Å². The van der Waals surface area contributed by atoms with E-state index >= 15 is 0 Å². The van der Waals surface area contributed by atoms with Crippen LogP contribution in [0.1, 0.15) is 0 Å². The van der Waals surface area contributed by atoms with Gasteiger partial charge in [0.25, 0.3) is 0 Å². The molecular formula is C6H4FZn. The van der Waals surface area contributed by atoms with Crippen molar-refractivity contribution in [2.45, 2.75) is 0 Å². The average Bonchev–Trinajstić information content (AvgIpc) is 1.69. The van der Waals surface area contributed by atoms with Crippen molar-refractivity contribution in [1.29, 1.82) is 0 Å². The van der Waals surface area contributed by atoms with Crippen LogP contribution in [0.15, 0.2) is 24.3 Å². The van der Waals surface area contributed by atoms with Gasteiger partial charge in [0.15, 0.2) is 0 Å². The number of hydrogen-bond acceptors (Lipinski definition) is 0. The van der Waals surface area contributed by atoms with E-state index < -0.39 is 0 Å². The molecule has 8 heavy (non-hydrogen) atoms. The van der Waals surface area contributed by atoms with Crippen LogP contribution in [-0.2, 0) is 19.5 Å². The zero-order chi connectivity index (χ0) is 5.11. The van der Waals surface area contributed by atoms with Crippen LogP contribution < -0.4 is 0 Å². The van der Waals surface area contributed by atoms with E-state index in [9.17, 15) is 4.39 Å². The Morgan fingerprint density at radius 2 is 1.75 bits per heavy atom. The molecule has 1 aromatic carbocycles. The van der Waals surface area contributed by atoms with E-state index in [1.807, 2.05) is 0 Å². The van der Waals surface area contributed by atoms with Crippen molar-refractivity contribution < 1.29 is 23.9 Å². The van der Waals surface area contributed by atoms with Gasteiger partial charge in [-0.05, 0) is 18.2 Å². The average molecular weight is 160 g/mol. The summed E-state index contributed by atoms with van der Waals surface area (Å²) in [6.45, 7) is 0. The van der Waals surface area contributed by atoms with Gasteiger partial charge in [0, 0.05) is 19.5 Å². The third-order valence-electron chi connectivity index (χ3n) is 0.678. The van der Waals surface area contributed by atoms with Gasteiger partial charge < -0.3 is 0 Å². The minimum Gasteiger partial charge on any atom is -0.207 e. The fraction of sp³-hybridized carbons (Fsp3) is 0. The second-order valence-electron chi connectivity index (χ2n) is 1.22. The van der Waals surface area contributed by atoms with Crippen molar-refractivity contribution in [2.24, 2.45) is 0 Å². The van der Waals surface area contributed by atoms with Gasteiger partial charge in [-0.2, -0.15) is 0 Å². The SMILES string of the molecule is Fc1cc[c]cc1.[Zn]. The Balaban J connectivity index is 0.000000490. The molecule has 0 amide bonds. The molecule has 0 aliphatic rings. The summed E-state index contributed by atoms with van der Waals surface area (Å²) in [7, 11) is 0. The first-order valence-electron chi connectivity index (χ1n) is 2.01. The summed E-state index contributed by atoms with van der Waals surface area (Å²) in [5.41, 5.74) is 0. The Kier molecular flexibility index (Phi) is 3.63. The van der Waals surface area contributed by atoms with E-state index in [0.29, 0.717) is 0 Å². The fourth-order valence-corrected chi connectivity index (χ4v) is 0.367. The molecular weight excluding hydrogens is 156 g/mol. The number of hydrogen-bond donors (Lipinski definition) is 0. The smallest absolute Gasteiger partial charge is 0.123 e. The van der Waals surface area contributed by atoms with Gasteiger partial charge in [0.1, 0.15) is 5.82 Å². The van der Waals surface area contributed by atoms with Gasteiger partial charge >= 0.3 is 0 Å². The van der Waals surface area contributed by atoms with Crippen LogP contribution in [0, 0.1) is 11.9 Å². The molecule has 0 saturated carbocycles. The summed E-state index contributed by atoms with van der Waals surface area (Å²) < 4.78 is 11.9. The first-order valence-corrected chi connectivity index (χ1v) is 2.01. The van der Waals surface area contributed by atoms with Gasteiger partial charge in [-0.15, -0.1) is 0 Å². The molecule has 0 aliphatic heterocycles. The number of benzene rings is 1. The van der Waals surface area contributed by atoms with Crippen LogP contribution in [0.3, 0.4) is 0 Å².